The standard InChI is InChI=1S/C51H34N2.C45H28N2/c1-4-16-37(17-5-1)51(38-18-6-2-7-19-38)46-25-12-10-23-41(46)42-28-27-36(34-47(42)51)35-15-14-22-40(33-35)52-32-31-45-48(52)30-29-44-43-24-11-13-26-49(43)53(50(44)45)39-20-8-3-9-21-39;1-2-12-29(13-3-1)47-43-21-11-7-17-35(43)36-24-25-42-37(44(36)47)26-27-46(42)30-22-23-34-33-16-6-10-20-40(33)45(41(34)28-30)38-18-8-4-14-31(38)32-15-5-9-19-39(32)45/h1-34H;1-28H. The van der Waals surface area contributed by atoms with E-state index in [-0.39, 0.29) is 5.41 Å². The maximum absolute atomic E-state index is 2.46. The Kier molecular flexibility index (Phi) is 12.2. The number of hydrogen-bond acceptors (Lipinski definition) is 0. The quantitative estimate of drug-likeness (QED) is 0.152. The van der Waals surface area contributed by atoms with Crippen molar-refractivity contribution >= 4 is 65.4 Å². The molecule has 0 aliphatic heterocycles. The number of para-hydroxylation sites is 4. The number of nitrogens with zero attached hydrogens (tertiary/aromatic N) is 4. The van der Waals surface area contributed by atoms with E-state index in [1.165, 1.54) is 171 Å². The van der Waals surface area contributed by atoms with Gasteiger partial charge in [0.05, 0.1) is 43.9 Å². The van der Waals surface area contributed by atoms with Crippen molar-refractivity contribution in [2.24, 2.45) is 0 Å². The monoisotopic (exact) mass is 1270 g/mol. The Balaban J connectivity index is 0.000000132. The first-order valence-electron chi connectivity index (χ1n) is 34.7. The summed E-state index contributed by atoms with van der Waals surface area (Å²) >= 11 is 0. The minimum Gasteiger partial charge on any atom is -0.316 e. The minimum absolute atomic E-state index is 0.356. The van der Waals surface area contributed by atoms with Gasteiger partial charge in [0.25, 0.3) is 0 Å². The van der Waals surface area contributed by atoms with E-state index in [0.717, 1.165) is 5.69 Å². The van der Waals surface area contributed by atoms with Gasteiger partial charge >= 0.3 is 0 Å². The Morgan fingerprint density at radius 1 is 0.190 bits per heavy atom. The van der Waals surface area contributed by atoms with E-state index in [1.807, 2.05) is 0 Å². The van der Waals surface area contributed by atoms with Gasteiger partial charge < -0.3 is 18.3 Å². The summed E-state index contributed by atoms with van der Waals surface area (Å²) in [6.07, 6.45) is 4.48. The van der Waals surface area contributed by atoms with Gasteiger partial charge in [-0.1, -0.05) is 273 Å². The predicted molar refractivity (Wildman–Crippen MR) is 414 cm³/mol. The van der Waals surface area contributed by atoms with Crippen LogP contribution in [0.3, 0.4) is 0 Å². The van der Waals surface area contributed by atoms with E-state index in [2.05, 4.69) is 395 Å². The van der Waals surface area contributed by atoms with E-state index >= 15 is 0 Å². The molecule has 0 amide bonds. The molecular weight excluding hydrogens is 1210 g/mol. The van der Waals surface area contributed by atoms with Gasteiger partial charge in [0.15, 0.2) is 0 Å². The van der Waals surface area contributed by atoms with E-state index in [0.29, 0.717) is 0 Å². The van der Waals surface area contributed by atoms with Crippen LogP contribution in [0.2, 0.25) is 0 Å². The molecule has 4 aromatic heterocycles. The molecule has 466 valence electrons. The predicted octanol–water partition coefficient (Wildman–Crippen LogP) is 23.8. The highest BCUT2D eigenvalue weighted by atomic mass is 15.0. The highest BCUT2D eigenvalue weighted by molar-refractivity contribution is 6.20. The summed E-state index contributed by atoms with van der Waals surface area (Å²) in [4.78, 5) is 0. The molecule has 100 heavy (non-hydrogen) atoms. The lowest BCUT2D eigenvalue weighted by atomic mass is 9.67. The molecule has 22 rings (SSSR count). The number of rotatable bonds is 7. The fraction of sp³-hybridized carbons (Fsp3) is 0.0208. The van der Waals surface area contributed by atoms with Crippen molar-refractivity contribution in [2.75, 3.05) is 0 Å². The average Bonchev–Trinajstić information content (AvgIpc) is 1.51. The minimum atomic E-state index is -0.429. The zero-order valence-corrected chi connectivity index (χ0v) is 54.6. The Labute approximate surface area is 579 Å². The van der Waals surface area contributed by atoms with Crippen LogP contribution in [0.1, 0.15) is 44.5 Å². The van der Waals surface area contributed by atoms with Gasteiger partial charge in [-0.05, 0) is 180 Å². The van der Waals surface area contributed by atoms with Gasteiger partial charge in [-0.2, -0.15) is 0 Å². The molecule has 0 unspecified atom stereocenters. The van der Waals surface area contributed by atoms with Crippen molar-refractivity contribution in [3.63, 3.8) is 0 Å². The van der Waals surface area contributed by atoms with E-state index in [1.54, 1.807) is 0 Å². The van der Waals surface area contributed by atoms with Crippen LogP contribution in [-0.2, 0) is 10.8 Å². The molecule has 4 heteroatoms. The fourth-order valence-electron chi connectivity index (χ4n) is 18.2. The topological polar surface area (TPSA) is 19.7 Å². The van der Waals surface area contributed by atoms with Gasteiger partial charge in [-0.3, -0.25) is 0 Å². The second-order valence-corrected chi connectivity index (χ2v) is 27.0. The number of hydrogen-bond donors (Lipinski definition) is 0. The average molecular weight is 1270 g/mol. The molecule has 3 aliphatic carbocycles. The zero-order valence-electron chi connectivity index (χ0n) is 54.6. The summed E-state index contributed by atoms with van der Waals surface area (Å²) in [5.41, 5.74) is 32.2. The zero-order chi connectivity index (χ0) is 65.6. The molecule has 4 nitrogen and oxygen atoms in total. The molecule has 0 atom stereocenters. The van der Waals surface area contributed by atoms with E-state index in [4.69, 9.17) is 0 Å². The van der Waals surface area contributed by atoms with Crippen LogP contribution in [0.4, 0.5) is 0 Å². The van der Waals surface area contributed by atoms with E-state index in [9.17, 15) is 0 Å². The van der Waals surface area contributed by atoms with Crippen molar-refractivity contribution in [3.05, 3.63) is 421 Å². The van der Waals surface area contributed by atoms with Gasteiger partial charge in [0, 0.05) is 67.5 Å². The summed E-state index contributed by atoms with van der Waals surface area (Å²) in [6, 6.07) is 134. The lowest BCUT2D eigenvalue weighted by molar-refractivity contribution is 0.769. The second kappa shape index (κ2) is 21.7. The molecule has 15 aromatic carbocycles. The van der Waals surface area contributed by atoms with Crippen LogP contribution in [0.15, 0.2) is 376 Å². The van der Waals surface area contributed by atoms with Crippen molar-refractivity contribution in [1.82, 2.24) is 18.3 Å². The van der Waals surface area contributed by atoms with Crippen LogP contribution in [0.25, 0.3) is 133 Å². The van der Waals surface area contributed by atoms with Gasteiger partial charge in [0.1, 0.15) is 0 Å². The van der Waals surface area contributed by atoms with Gasteiger partial charge in [0.2, 0.25) is 0 Å². The van der Waals surface area contributed by atoms with Crippen molar-refractivity contribution in [3.8, 4) is 67.3 Å². The van der Waals surface area contributed by atoms with Gasteiger partial charge in [-0.25, -0.2) is 0 Å². The smallest absolute Gasteiger partial charge is 0.0726 e. The summed E-state index contributed by atoms with van der Waals surface area (Å²) < 4.78 is 9.57. The van der Waals surface area contributed by atoms with Crippen molar-refractivity contribution in [2.45, 2.75) is 10.8 Å². The Hall–Kier alpha value is -13.0. The highest BCUT2D eigenvalue weighted by Gasteiger charge is 2.52. The van der Waals surface area contributed by atoms with Crippen LogP contribution >= 0.6 is 0 Å². The maximum atomic E-state index is 2.46. The second-order valence-electron chi connectivity index (χ2n) is 27.0. The first-order chi connectivity index (χ1) is 49.6. The SMILES string of the molecule is c1ccc(-n2c3ccccc3c3ccc4c(ccn4-c4ccc5c(c4)C4(c6ccccc6-c6ccccc64)c4ccccc4-5)c32)cc1.c1ccc(-n2c3ccccc3c3ccc4c(ccn4-c4cccc(-c5ccc6c(c5)C(c5ccccc5)(c5ccccc5)c5ccccc5-6)c4)c32)cc1. The van der Waals surface area contributed by atoms with Gasteiger partial charge in [-0.15, -0.1) is 0 Å². The lowest BCUT2D eigenvalue weighted by Gasteiger charge is -2.34. The molecule has 0 fully saturated rings. The molecule has 19 aromatic rings. The van der Waals surface area contributed by atoms with Crippen LogP contribution < -0.4 is 0 Å². The van der Waals surface area contributed by atoms with Crippen LogP contribution in [-0.4, -0.2) is 18.3 Å². The Bertz CT molecular complexity index is 6420. The fourth-order valence-corrected chi connectivity index (χ4v) is 18.2. The highest BCUT2D eigenvalue weighted by Crippen LogP contribution is 2.63. The summed E-state index contributed by atoms with van der Waals surface area (Å²) in [5.74, 6) is 0. The molecule has 0 radical (unpaired) electrons. The third-order valence-electron chi connectivity index (χ3n) is 22.2. The molecule has 0 bridgehead atoms. The molecule has 0 saturated heterocycles. The Morgan fingerprint density at radius 2 is 0.560 bits per heavy atom. The van der Waals surface area contributed by atoms with Crippen LogP contribution in [0, 0.1) is 0 Å². The number of benzene rings is 15. The molecule has 4 heterocycles. The summed E-state index contributed by atoms with van der Waals surface area (Å²) in [5, 5.41) is 7.57. The Morgan fingerprint density at radius 3 is 1.05 bits per heavy atom. The normalized spacial score (nSPS) is 13.4. The maximum Gasteiger partial charge on any atom is 0.0726 e. The van der Waals surface area contributed by atoms with Crippen molar-refractivity contribution < 1.29 is 0 Å². The number of aromatic nitrogens is 4. The first-order valence-corrected chi connectivity index (χ1v) is 34.7. The molecule has 1 spiro atoms. The van der Waals surface area contributed by atoms with Crippen molar-refractivity contribution in [1.29, 1.82) is 0 Å². The molecule has 3 aliphatic rings. The third kappa shape index (κ3) is 7.81. The largest absolute Gasteiger partial charge is 0.316 e. The first kappa shape index (κ1) is 56.2. The summed E-state index contributed by atoms with van der Waals surface area (Å²) in [6.45, 7) is 0. The molecule has 0 saturated carbocycles. The number of fused-ring (bicyclic) bond motifs is 23. The molecule has 0 N–H and O–H groups in total. The summed E-state index contributed by atoms with van der Waals surface area (Å²) in [7, 11) is 0. The molecular formula is C96H62N4. The van der Waals surface area contributed by atoms with E-state index < -0.39 is 5.41 Å². The van der Waals surface area contributed by atoms with Crippen LogP contribution in [0.5, 0.6) is 0 Å². The third-order valence-corrected chi connectivity index (χ3v) is 22.2. The lowest BCUT2D eigenvalue weighted by Crippen LogP contribution is -2.28.